The number of benzene rings is 1. The Kier molecular flexibility index (Phi) is 7.90. The van der Waals surface area contributed by atoms with Crippen LogP contribution in [0.25, 0.3) is 0 Å². The molecule has 6 nitrogen and oxygen atoms in total. The minimum absolute atomic E-state index is 0.0805. The van der Waals surface area contributed by atoms with Crippen molar-refractivity contribution >= 4 is 15.9 Å². The molecule has 1 amide bonds. The number of aryl methyl sites for hydroxylation is 2. The van der Waals surface area contributed by atoms with Crippen LogP contribution in [-0.2, 0) is 27.7 Å². The molecule has 2 fully saturated rings. The first-order valence-corrected chi connectivity index (χ1v) is 14.1. The largest absolute Gasteiger partial charge is 0.353 e. The number of carbonyl (C=O) groups is 1. The van der Waals surface area contributed by atoms with E-state index in [4.69, 9.17) is 0 Å². The van der Waals surface area contributed by atoms with E-state index in [0.717, 1.165) is 51.7 Å². The Morgan fingerprint density at radius 3 is 2.38 bits per heavy atom. The van der Waals surface area contributed by atoms with Gasteiger partial charge in [-0.3, -0.25) is 4.79 Å². The molecule has 32 heavy (non-hydrogen) atoms. The van der Waals surface area contributed by atoms with Crippen molar-refractivity contribution in [2.75, 3.05) is 32.7 Å². The van der Waals surface area contributed by atoms with Crippen LogP contribution < -0.4 is 5.32 Å². The van der Waals surface area contributed by atoms with Gasteiger partial charge in [0.2, 0.25) is 15.9 Å². The zero-order chi connectivity index (χ0) is 22.6. The number of hydrogen-bond donors (Lipinski definition) is 1. The van der Waals surface area contributed by atoms with Crippen molar-refractivity contribution in [3.8, 4) is 0 Å². The molecule has 0 atom stereocenters. The summed E-state index contributed by atoms with van der Waals surface area (Å²) in [4.78, 5) is 15.7. The standard InChI is InChI=1S/C25H39N3O3S/c1-2-3-14-27-15-12-23(13-16-27)26-25(29)21-10-17-28(18-11-21)32(30,31)24-9-8-20-6-4-5-7-22(20)19-24/h8-9,19,21,23H,2-7,10-18H2,1H3,(H,26,29). The third kappa shape index (κ3) is 5.54. The minimum Gasteiger partial charge on any atom is -0.353 e. The second-order valence-corrected chi connectivity index (χ2v) is 11.7. The third-order valence-corrected chi connectivity index (χ3v) is 9.44. The average molecular weight is 462 g/mol. The molecule has 0 saturated carbocycles. The van der Waals surface area contributed by atoms with E-state index in [-0.39, 0.29) is 17.9 Å². The number of likely N-dealkylation sites (tertiary alicyclic amines) is 1. The van der Waals surface area contributed by atoms with Crippen LogP contribution in [0.2, 0.25) is 0 Å². The van der Waals surface area contributed by atoms with Gasteiger partial charge in [-0.25, -0.2) is 8.42 Å². The van der Waals surface area contributed by atoms with E-state index in [1.165, 1.54) is 30.4 Å². The second-order valence-electron chi connectivity index (χ2n) is 9.79. The number of unbranched alkanes of at least 4 members (excludes halogenated alkanes) is 1. The highest BCUT2D eigenvalue weighted by Gasteiger charge is 2.33. The first kappa shape index (κ1) is 23.7. The molecule has 3 aliphatic rings. The smallest absolute Gasteiger partial charge is 0.243 e. The molecule has 7 heteroatoms. The van der Waals surface area contributed by atoms with E-state index in [0.29, 0.717) is 30.8 Å². The first-order valence-electron chi connectivity index (χ1n) is 12.6. The van der Waals surface area contributed by atoms with E-state index in [1.807, 2.05) is 12.1 Å². The fourth-order valence-electron chi connectivity index (χ4n) is 5.38. The lowest BCUT2D eigenvalue weighted by Gasteiger charge is -2.34. The van der Waals surface area contributed by atoms with Gasteiger partial charge in [0.05, 0.1) is 4.90 Å². The molecule has 0 unspecified atom stereocenters. The van der Waals surface area contributed by atoms with E-state index in [9.17, 15) is 13.2 Å². The number of carbonyl (C=O) groups excluding carboxylic acids is 1. The van der Waals surface area contributed by atoms with Gasteiger partial charge in [-0.2, -0.15) is 4.31 Å². The normalized spacial score (nSPS) is 21.9. The summed E-state index contributed by atoms with van der Waals surface area (Å²) in [5.74, 6) is 0.0333. The number of sulfonamides is 1. The van der Waals surface area contributed by atoms with Gasteiger partial charge in [0.25, 0.3) is 0 Å². The molecular weight excluding hydrogens is 422 g/mol. The number of fused-ring (bicyclic) bond motifs is 1. The molecule has 0 aromatic heterocycles. The predicted molar refractivity (Wildman–Crippen MR) is 127 cm³/mol. The van der Waals surface area contributed by atoms with Crippen molar-refractivity contribution < 1.29 is 13.2 Å². The van der Waals surface area contributed by atoms with Crippen molar-refractivity contribution in [3.63, 3.8) is 0 Å². The molecule has 1 aliphatic carbocycles. The summed E-state index contributed by atoms with van der Waals surface area (Å²) in [5.41, 5.74) is 2.48. The summed E-state index contributed by atoms with van der Waals surface area (Å²) in [6.45, 7) is 6.34. The van der Waals surface area contributed by atoms with Gasteiger partial charge in [-0.1, -0.05) is 19.4 Å². The van der Waals surface area contributed by atoms with Gasteiger partial charge in [-0.15, -0.1) is 0 Å². The highest BCUT2D eigenvalue weighted by molar-refractivity contribution is 7.89. The zero-order valence-electron chi connectivity index (χ0n) is 19.5. The lowest BCUT2D eigenvalue weighted by atomic mass is 9.92. The van der Waals surface area contributed by atoms with E-state index >= 15 is 0 Å². The lowest BCUT2D eigenvalue weighted by Crippen LogP contribution is -2.48. The fourth-order valence-corrected chi connectivity index (χ4v) is 6.90. The molecule has 178 valence electrons. The van der Waals surface area contributed by atoms with Crippen molar-refractivity contribution in [2.45, 2.75) is 82.1 Å². The van der Waals surface area contributed by atoms with Gasteiger partial charge in [0, 0.05) is 38.1 Å². The molecule has 1 aromatic rings. The van der Waals surface area contributed by atoms with Gasteiger partial charge < -0.3 is 10.2 Å². The maximum atomic E-state index is 13.2. The first-order chi connectivity index (χ1) is 15.5. The molecule has 4 rings (SSSR count). The van der Waals surface area contributed by atoms with Crippen LogP contribution in [0.5, 0.6) is 0 Å². The summed E-state index contributed by atoms with van der Waals surface area (Å²) in [6, 6.07) is 5.91. The van der Waals surface area contributed by atoms with Crippen LogP contribution in [0.15, 0.2) is 23.1 Å². The maximum absolute atomic E-state index is 13.2. The summed E-state index contributed by atoms with van der Waals surface area (Å²) in [7, 11) is -3.49. The SMILES string of the molecule is CCCCN1CCC(NC(=O)C2CCN(S(=O)(=O)c3ccc4c(c3)CCCC4)CC2)CC1. The Bertz CT molecular complexity index is 886. The number of hydrogen-bond acceptors (Lipinski definition) is 4. The van der Waals surface area contributed by atoms with Crippen LogP contribution in [-0.4, -0.2) is 62.3 Å². The maximum Gasteiger partial charge on any atom is 0.243 e. The summed E-state index contributed by atoms with van der Waals surface area (Å²) in [5, 5.41) is 3.25. The van der Waals surface area contributed by atoms with Gasteiger partial charge in [0.1, 0.15) is 0 Å². The van der Waals surface area contributed by atoms with Crippen molar-refractivity contribution in [1.29, 1.82) is 0 Å². The number of nitrogens with one attached hydrogen (secondary N) is 1. The molecule has 2 heterocycles. The second kappa shape index (κ2) is 10.7. The molecule has 1 N–H and O–H groups in total. The fraction of sp³-hybridized carbons (Fsp3) is 0.720. The van der Waals surface area contributed by atoms with Gasteiger partial charge in [-0.05, 0) is 87.6 Å². The highest BCUT2D eigenvalue weighted by atomic mass is 32.2. The summed E-state index contributed by atoms with van der Waals surface area (Å²) >= 11 is 0. The van der Waals surface area contributed by atoms with Gasteiger partial charge >= 0.3 is 0 Å². The van der Waals surface area contributed by atoms with Crippen molar-refractivity contribution in [1.82, 2.24) is 14.5 Å². The molecule has 2 saturated heterocycles. The molecule has 2 aliphatic heterocycles. The Balaban J connectivity index is 1.27. The lowest BCUT2D eigenvalue weighted by molar-refractivity contribution is -0.127. The van der Waals surface area contributed by atoms with E-state index in [1.54, 1.807) is 10.4 Å². The number of amides is 1. The Morgan fingerprint density at radius 1 is 1.00 bits per heavy atom. The number of piperidine rings is 2. The summed E-state index contributed by atoms with van der Waals surface area (Å²) in [6.07, 6.45) is 10.0. The quantitative estimate of drug-likeness (QED) is 0.676. The van der Waals surface area contributed by atoms with Gasteiger partial charge in [0.15, 0.2) is 0 Å². The highest BCUT2D eigenvalue weighted by Crippen LogP contribution is 2.28. The van der Waals surface area contributed by atoms with Crippen LogP contribution in [0, 0.1) is 5.92 Å². The Labute approximate surface area is 193 Å². The third-order valence-electron chi connectivity index (χ3n) is 7.54. The number of nitrogens with zero attached hydrogens (tertiary/aromatic N) is 2. The van der Waals surface area contributed by atoms with Crippen molar-refractivity contribution in [2.24, 2.45) is 5.92 Å². The molecule has 0 spiro atoms. The van der Waals surface area contributed by atoms with E-state index < -0.39 is 10.0 Å². The monoisotopic (exact) mass is 461 g/mol. The Hall–Kier alpha value is -1.44. The van der Waals surface area contributed by atoms with Crippen LogP contribution in [0.3, 0.4) is 0 Å². The average Bonchev–Trinajstić information content (AvgIpc) is 2.83. The Morgan fingerprint density at radius 2 is 1.69 bits per heavy atom. The molecular formula is C25H39N3O3S. The molecule has 1 aromatic carbocycles. The van der Waals surface area contributed by atoms with Crippen LogP contribution in [0.1, 0.15) is 69.4 Å². The van der Waals surface area contributed by atoms with E-state index in [2.05, 4.69) is 17.1 Å². The molecule has 0 radical (unpaired) electrons. The predicted octanol–water partition coefficient (Wildman–Crippen LogP) is 3.35. The minimum atomic E-state index is -3.49. The topological polar surface area (TPSA) is 69.7 Å². The van der Waals surface area contributed by atoms with Crippen LogP contribution >= 0.6 is 0 Å². The zero-order valence-corrected chi connectivity index (χ0v) is 20.3. The summed E-state index contributed by atoms with van der Waals surface area (Å²) < 4.78 is 28.0. The van der Waals surface area contributed by atoms with Crippen molar-refractivity contribution in [3.05, 3.63) is 29.3 Å². The van der Waals surface area contributed by atoms with Crippen LogP contribution in [0.4, 0.5) is 0 Å². The number of rotatable bonds is 7. The molecule has 0 bridgehead atoms.